The molecule has 146 valence electrons. The maximum atomic E-state index is 13.0. The van der Waals surface area contributed by atoms with Crippen LogP contribution in [0.3, 0.4) is 0 Å². The molecule has 1 aliphatic rings. The van der Waals surface area contributed by atoms with Crippen molar-refractivity contribution in [3.05, 3.63) is 51.8 Å². The number of nitrogens with zero attached hydrogens (tertiary/aromatic N) is 4. The Hall–Kier alpha value is -3.08. The molecule has 0 bridgehead atoms. The van der Waals surface area contributed by atoms with Gasteiger partial charge < -0.3 is 14.0 Å². The lowest BCUT2D eigenvalue weighted by molar-refractivity contribution is -0.147. The molecule has 2 aromatic heterocycles. The number of H-pyrrole nitrogens is 1. The maximum Gasteiger partial charge on any atom is 0.453 e. The molecule has 7 nitrogen and oxygen atoms in total. The number of hydrogen-bond donors (Lipinski definition) is 1. The van der Waals surface area contributed by atoms with Crippen LogP contribution in [0.25, 0.3) is 5.69 Å². The molecule has 0 saturated carbocycles. The molecular weight excluding hydrogens is 395 g/mol. The van der Waals surface area contributed by atoms with Crippen LogP contribution >= 0.6 is 12.2 Å². The van der Waals surface area contributed by atoms with E-state index in [2.05, 4.69) is 15.3 Å². The Labute approximate surface area is 162 Å². The summed E-state index contributed by atoms with van der Waals surface area (Å²) in [5.41, 5.74) is 3.16. The Morgan fingerprint density at radius 1 is 1.21 bits per heavy atom. The van der Waals surface area contributed by atoms with E-state index in [1.54, 1.807) is 0 Å². The van der Waals surface area contributed by atoms with Crippen LogP contribution < -0.4 is 9.47 Å². The molecule has 0 unspecified atom stereocenters. The third-order valence-corrected chi connectivity index (χ3v) is 4.57. The highest BCUT2D eigenvalue weighted by molar-refractivity contribution is 7.71. The molecule has 0 atom stereocenters. The van der Waals surface area contributed by atoms with E-state index in [9.17, 15) is 13.2 Å². The largest absolute Gasteiger partial charge is 0.454 e. The Morgan fingerprint density at radius 3 is 2.71 bits per heavy atom. The van der Waals surface area contributed by atoms with Crippen LogP contribution in [-0.4, -0.2) is 32.4 Å². The van der Waals surface area contributed by atoms with Gasteiger partial charge in [-0.15, -0.1) is 5.10 Å². The van der Waals surface area contributed by atoms with Crippen LogP contribution in [0, 0.1) is 18.6 Å². The topological polar surface area (TPSA) is 69.4 Å². The van der Waals surface area contributed by atoms with E-state index < -0.39 is 12.0 Å². The Balaban J connectivity index is 1.72. The minimum atomic E-state index is -4.67. The summed E-state index contributed by atoms with van der Waals surface area (Å²) in [5, 5.41) is 9.20. The number of rotatable bonds is 3. The third-order valence-electron chi connectivity index (χ3n) is 4.30. The highest BCUT2D eigenvalue weighted by atomic mass is 32.1. The van der Waals surface area contributed by atoms with E-state index in [0.29, 0.717) is 21.7 Å². The first-order chi connectivity index (χ1) is 13.3. The lowest BCUT2D eigenvalue weighted by Gasteiger charge is -2.10. The predicted molar refractivity (Wildman–Crippen MR) is 96.8 cm³/mol. The minimum absolute atomic E-state index is 0.174. The fourth-order valence-electron chi connectivity index (χ4n) is 3.04. The van der Waals surface area contributed by atoms with E-state index in [4.69, 9.17) is 21.7 Å². The van der Waals surface area contributed by atoms with Crippen molar-refractivity contribution in [3.63, 3.8) is 0 Å². The second kappa shape index (κ2) is 6.51. The van der Waals surface area contributed by atoms with E-state index >= 15 is 0 Å². The molecule has 0 saturated heterocycles. The normalized spacial score (nSPS) is 13.6. The fraction of sp³-hybridized carbons (Fsp3) is 0.235. The van der Waals surface area contributed by atoms with Gasteiger partial charge in [-0.3, -0.25) is 0 Å². The van der Waals surface area contributed by atoms with Gasteiger partial charge in [0.2, 0.25) is 11.6 Å². The highest BCUT2D eigenvalue weighted by Crippen LogP contribution is 2.34. The number of aryl methyl sites for hydroxylation is 1. The highest BCUT2D eigenvalue weighted by Gasteiger charge is 2.37. The molecular formula is C17H14F3N5O2S. The van der Waals surface area contributed by atoms with E-state index in [1.165, 1.54) is 6.21 Å². The molecule has 1 aromatic carbocycles. The van der Waals surface area contributed by atoms with Gasteiger partial charge >= 0.3 is 6.18 Å². The van der Waals surface area contributed by atoms with Gasteiger partial charge in [-0.1, -0.05) is 0 Å². The van der Waals surface area contributed by atoms with Gasteiger partial charge in [0.15, 0.2) is 11.5 Å². The van der Waals surface area contributed by atoms with Crippen molar-refractivity contribution in [3.8, 4) is 17.2 Å². The molecule has 3 heterocycles. The number of fused-ring (bicyclic) bond motifs is 1. The van der Waals surface area contributed by atoms with Gasteiger partial charge in [-0.2, -0.15) is 22.9 Å². The first-order valence-electron chi connectivity index (χ1n) is 8.13. The molecule has 3 aromatic rings. The van der Waals surface area contributed by atoms with Crippen molar-refractivity contribution in [1.82, 2.24) is 19.4 Å². The molecule has 1 N–H and O–H groups in total. The first-order valence-corrected chi connectivity index (χ1v) is 8.54. The molecule has 4 rings (SSSR count). The Kier molecular flexibility index (Phi) is 4.26. The number of hydrogen-bond acceptors (Lipinski definition) is 5. The van der Waals surface area contributed by atoms with Gasteiger partial charge in [0, 0.05) is 28.7 Å². The van der Waals surface area contributed by atoms with Crippen molar-refractivity contribution in [2.45, 2.75) is 20.0 Å². The number of halogens is 3. The smallest absolute Gasteiger partial charge is 0.453 e. The summed E-state index contributed by atoms with van der Waals surface area (Å²) in [5.74, 6) is 0.0973. The molecule has 1 aliphatic heterocycles. The zero-order valence-electron chi connectivity index (χ0n) is 14.7. The van der Waals surface area contributed by atoms with Crippen molar-refractivity contribution < 1.29 is 22.6 Å². The minimum Gasteiger partial charge on any atom is -0.454 e. The Bertz CT molecular complexity index is 1140. The van der Waals surface area contributed by atoms with Gasteiger partial charge in [0.05, 0.1) is 6.21 Å². The number of nitrogens with one attached hydrogen (secondary N) is 1. The fourth-order valence-corrected chi connectivity index (χ4v) is 3.22. The molecule has 0 spiro atoms. The zero-order valence-corrected chi connectivity index (χ0v) is 15.6. The summed E-state index contributed by atoms with van der Waals surface area (Å²) >= 11 is 4.84. The monoisotopic (exact) mass is 409 g/mol. The quantitative estimate of drug-likeness (QED) is 0.525. The van der Waals surface area contributed by atoms with Crippen molar-refractivity contribution in [2.75, 3.05) is 6.79 Å². The molecule has 0 aliphatic carbocycles. The number of aromatic nitrogens is 4. The Morgan fingerprint density at radius 2 is 1.96 bits per heavy atom. The second-order valence-corrected chi connectivity index (χ2v) is 6.49. The average Bonchev–Trinajstić information content (AvgIpc) is 3.30. The van der Waals surface area contributed by atoms with Crippen LogP contribution in [-0.2, 0) is 6.18 Å². The summed E-state index contributed by atoms with van der Waals surface area (Å²) in [7, 11) is 0. The number of ether oxygens (including phenoxy) is 2. The number of benzene rings is 1. The molecule has 28 heavy (non-hydrogen) atoms. The van der Waals surface area contributed by atoms with E-state index in [0.717, 1.165) is 17.1 Å². The lowest BCUT2D eigenvalue weighted by atomic mass is 10.2. The van der Waals surface area contributed by atoms with Crippen molar-refractivity contribution >= 4 is 18.4 Å². The van der Waals surface area contributed by atoms with Crippen LogP contribution in [0.15, 0.2) is 29.4 Å². The summed E-state index contributed by atoms with van der Waals surface area (Å²) in [4.78, 5) is 0. The van der Waals surface area contributed by atoms with Crippen molar-refractivity contribution in [1.29, 1.82) is 0 Å². The van der Waals surface area contributed by atoms with Gasteiger partial charge in [0.25, 0.3) is 5.82 Å². The molecule has 0 radical (unpaired) electrons. The summed E-state index contributed by atoms with van der Waals surface area (Å²) in [6.07, 6.45) is -3.35. The van der Waals surface area contributed by atoms with Crippen LogP contribution in [0.2, 0.25) is 0 Å². The van der Waals surface area contributed by atoms with Gasteiger partial charge in [-0.25, -0.2) is 5.10 Å². The standard InChI is InChI=1S/C17H14F3N5O2S/c1-9-5-11(7-21-25-15(17(18,19)20)22-23-16(25)28)10(2)24(9)12-3-4-13-14(6-12)27-8-26-13/h3-7H,8H2,1-2H3,(H,23,28)/b21-7-. The van der Waals surface area contributed by atoms with Crippen LogP contribution in [0.1, 0.15) is 22.8 Å². The summed E-state index contributed by atoms with van der Waals surface area (Å²) < 4.78 is 52.0. The van der Waals surface area contributed by atoms with Gasteiger partial charge in [0.1, 0.15) is 0 Å². The number of alkyl halides is 3. The molecule has 0 fully saturated rings. The molecule has 0 amide bonds. The average molecular weight is 409 g/mol. The SMILES string of the molecule is Cc1cc(/C=N\n2c(C(F)(F)F)n[nH]c2=S)c(C)n1-c1ccc2c(c1)OCO2. The van der Waals surface area contributed by atoms with Crippen LogP contribution in [0.5, 0.6) is 11.5 Å². The lowest BCUT2D eigenvalue weighted by Crippen LogP contribution is -2.12. The summed E-state index contributed by atoms with van der Waals surface area (Å²) in [6.45, 7) is 3.91. The predicted octanol–water partition coefficient (Wildman–Crippen LogP) is 3.98. The second-order valence-electron chi connectivity index (χ2n) is 6.11. The maximum absolute atomic E-state index is 13.0. The van der Waals surface area contributed by atoms with E-state index in [-0.39, 0.29) is 11.6 Å². The number of aromatic amines is 1. The zero-order chi connectivity index (χ0) is 20.1. The third kappa shape index (κ3) is 3.07. The first kappa shape index (κ1) is 18.3. The van der Waals surface area contributed by atoms with Gasteiger partial charge in [-0.05, 0) is 44.3 Å². The van der Waals surface area contributed by atoms with Crippen LogP contribution in [0.4, 0.5) is 13.2 Å². The summed E-state index contributed by atoms with van der Waals surface area (Å²) in [6, 6.07) is 7.35. The molecule has 11 heteroatoms. The van der Waals surface area contributed by atoms with Crippen molar-refractivity contribution in [2.24, 2.45) is 5.10 Å². The van der Waals surface area contributed by atoms with E-state index in [1.807, 2.05) is 42.7 Å².